The molecule has 0 heterocycles. The first-order chi connectivity index (χ1) is 9.60. The minimum absolute atomic E-state index is 0.322. The molecule has 0 bridgehead atoms. The van der Waals surface area contributed by atoms with Crippen molar-refractivity contribution in [3.8, 4) is 17.6 Å². The van der Waals surface area contributed by atoms with Crippen LogP contribution in [0.4, 0.5) is 0 Å². The Bertz CT molecular complexity index is 512. The molecule has 1 fully saturated rings. The monoisotopic (exact) mass is 271 g/mol. The lowest BCUT2D eigenvalue weighted by molar-refractivity contribution is 0.100. The lowest BCUT2D eigenvalue weighted by Gasteiger charge is -2.32. The van der Waals surface area contributed by atoms with Gasteiger partial charge in [0, 0.05) is 0 Å². The van der Waals surface area contributed by atoms with E-state index in [1.807, 2.05) is 6.07 Å². The van der Waals surface area contributed by atoms with E-state index in [2.05, 4.69) is 44.7 Å². The second kappa shape index (κ2) is 6.81. The van der Waals surface area contributed by atoms with Crippen LogP contribution in [0.2, 0.25) is 0 Å². The number of hydrogen-bond acceptors (Lipinski definition) is 2. The maximum Gasteiger partial charge on any atom is 0.135 e. The summed E-state index contributed by atoms with van der Waals surface area (Å²) in [4.78, 5) is 0. The van der Waals surface area contributed by atoms with Crippen LogP contribution in [0.5, 0.6) is 5.75 Å². The molecule has 0 saturated heterocycles. The Morgan fingerprint density at radius 2 is 2.05 bits per heavy atom. The summed E-state index contributed by atoms with van der Waals surface area (Å²) < 4.78 is 6.21. The first-order valence-electron chi connectivity index (χ1n) is 7.56. The molecule has 2 heteroatoms. The van der Waals surface area contributed by atoms with Crippen molar-refractivity contribution >= 4 is 0 Å². The molecule has 2 rings (SSSR count). The third-order valence-electron chi connectivity index (χ3n) is 4.30. The zero-order valence-electron chi connectivity index (χ0n) is 12.8. The van der Waals surface area contributed by atoms with E-state index >= 15 is 0 Å². The van der Waals surface area contributed by atoms with Crippen molar-refractivity contribution in [1.82, 2.24) is 0 Å². The Hall–Kier alpha value is -1.46. The van der Waals surface area contributed by atoms with Gasteiger partial charge in [-0.1, -0.05) is 31.8 Å². The van der Waals surface area contributed by atoms with Gasteiger partial charge in [0.2, 0.25) is 0 Å². The number of rotatable bonds is 2. The maximum absolute atomic E-state index is 6.21. The van der Waals surface area contributed by atoms with Gasteiger partial charge in [-0.15, -0.1) is 0 Å². The van der Waals surface area contributed by atoms with Crippen LogP contribution in [0, 0.1) is 30.6 Å². The Morgan fingerprint density at radius 3 is 2.75 bits per heavy atom. The summed E-state index contributed by atoms with van der Waals surface area (Å²) in [5.74, 6) is 8.50. The van der Waals surface area contributed by atoms with E-state index in [4.69, 9.17) is 10.5 Å². The summed E-state index contributed by atoms with van der Waals surface area (Å²) in [6, 6.07) is 6.20. The smallest absolute Gasteiger partial charge is 0.135 e. The minimum Gasteiger partial charge on any atom is -0.489 e. The van der Waals surface area contributed by atoms with E-state index in [-0.39, 0.29) is 0 Å². The second-order valence-corrected chi connectivity index (χ2v) is 6.01. The molecular formula is C18H25NO. The molecule has 0 amide bonds. The molecule has 0 aliphatic heterocycles. The van der Waals surface area contributed by atoms with Crippen LogP contribution in [0.1, 0.15) is 44.2 Å². The number of nitrogens with two attached hydrogens (primary N) is 1. The highest BCUT2D eigenvalue weighted by molar-refractivity contribution is 5.48. The lowest BCUT2D eigenvalue weighted by Crippen LogP contribution is -2.29. The summed E-state index contributed by atoms with van der Waals surface area (Å²) in [6.45, 7) is 7.11. The summed E-state index contributed by atoms with van der Waals surface area (Å²) in [6.07, 6.45) is 3.85. The molecule has 1 aromatic carbocycles. The molecule has 3 unspecified atom stereocenters. The Kier molecular flexibility index (Phi) is 5.09. The van der Waals surface area contributed by atoms with Crippen LogP contribution in [0.3, 0.4) is 0 Å². The molecular weight excluding hydrogens is 246 g/mol. The molecule has 2 nitrogen and oxygen atoms in total. The fourth-order valence-electron chi connectivity index (χ4n) is 2.78. The van der Waals surface area contributed by atoms with Crippen LogP contribution >= 0.6 is 0 Å². The van der Waals surface area contributed by atoms with Crippen LogP contribution in [-0.2, 0) is 0 Å². The third-order valence-corrected chi connectivity index (χ3v) is 4.30. The zero-order chi connectivity index (χ0) is 14.5. The predicted octanol–water partition coefficient (Wildman–Crippen LogP) is 3.51. The van der Waals surface area contributed by atoms with E-state index in [1.54, 1.807) is 0 Å². The van der Waals surface area contributed by atoms with Gasteiger partial charge in [-0.25, -0.2) is 0 Å². The second-order valence-electron chi connectivity index (χ2n) is 6.01. The fraction of sp³-hybridized carbons (Fsp3) is 0.556. The summed E-state index contributed by atoms with van der Waals surface area (Å²) in [5.41, 5.74) is 7.63. The molecule has 108 valence electrons. The van der Waals surface area contributed by atoms with E-state index < -0.39 is 0 Å². The van der Waals surface area contributed by atoms with Gasteiger partial charge in [-0.2, -0.15) is 0 Å². The predicted molar refractivity (Wildman–Crippen MR) is 83.7 cm³/mol. The highest BCUT2D eigenvalue weighted by Gasteiger charge is 2.26. The van der Waals surface area contributed by atoms with Crippen LogP contribution < -0.4 is 10.5 Å². The van der Waals surface area contributed by atoms with Gasteiger partial charge in [0.05, 0.1) is 18.2 Å². The molecule has 1 aromatic rings. The van der Waals surface area contributed by atoms with Gasteiger partial charge in [-0.3, -0.25) is 0 Å². The van der Waals surface area contributed by atoms with Gasteiger partial charge < -0.3 is 10.5 Å². The standard InChI is InChI=1S/C18H25NO/c1-13-6-9-18(16(11-13)5-4-10-19)20-17-8-7-14(2)15(3)12-17/h6,9,11,14-15,17H,7-8,10,12,19H2,1-3H3. The highest BCUT2D eigenvalue weighted by Crippen LogP contribution is 2.32. The Morgan fingerprint density at radius 1 is 1.25 bits per heavy atom. The van der Waals surface area contributed by atoms with Crippen molar-refractivity contribution < 1.29 is 4.74 Å². The average molecular weight is 271 g/mol. The number of aryl methyl sites for hydroxylation is 1. The van der Waals surface area contributed by atoms with Crippen molar-refractivity contribution in [3.05, 3.63) is 29.3 Å². The molecule has 0 spiro atoms. The first-order valence-corrected chi connectivity index (χ1v) is 7.56. The molecule has 3 atom stereocenters. The zero-order valence-corrected chi connectivity index (χ0v) is 12.8. The number of ether oxygens (including phenoxy) is 1. The molecule has 1 aliphatic carbocycles. The third kappa shape index (κ3) is 3.77. The minimum atomic E-state index is 0.322. The van der Waals surface area contributed by atoms with Crippen LogP contribution in [-0.4, -0.2) is 12.6 Å². The molecule has 0 aromatic heterocycles. The Labute approximate surface area is 122 Å². The number of benzene rings is 1. The van der Waals surface area contributed by atoms with Gasteiger partial charge >= 0.3 is 0 Å². The summed E-state index contributed by atoms with van der Waals surface area (Å²) in [7, 11) is 0. The van der Waals surface area contributed by atoms with Gasteiger partial charge in [0.15, 0.2) is 0 Å². The van der Waals surface area contributed by atoms with Crippen molar-refractivity contribution in [2.45, 2.75) is 46.1 Å². The molecule has 0 radical (unpaired) electrons. The molecule has 2 N–H and O–H groups in total. The molecule has 20 heavy (non-hydrogen) atoms. The largest absolute Gasteiger partial charge is 0.489 e. The van der Waals surface area contributed by atoms with Crippen molar-refractivity contribution in [2.75, 3.05) is 6.54 Å². The summed E-state index contributed by atoms with van der Waals surface area (Å²) in [5, 5.41) is 0. The van der Waals surface area contributed by atoms with Crippen LogP contribution in [0.15, 0.2) is 18.2 Å². The van der Waals surface area contributed by atoms with Crippen LogP contribution in [0.25, 0.3) is 0 Å². The quantitative estimate of drug-likeness (QED) is 0.835. The van der Waals surface area contributed by atoms with E-state index in [9.17, 15) is 0 Å². The van der Waals surface area contributed by atoms with Gasteiger partial charge in [0.25, 0.3) is 0 Å². The number of hydrogen-bond donors (Lipinski definition) is 1. The SMILES string of the molecule is Cc1ccc(OC2CCC(C)C(C)C2)c(C#CCN)c1. The summed E-state index contributed by atoms with van der Waals surface area (Å²) >= 11 is 0. The average Bonchev–Trinajstić information content (AvgIpc) is 2.43. The van der Waals surface area contributed by atoms with Gasteiger partial charge in [0.1, 0.15) is 5.75 Å². The first kappa shape index (κ1) is 14.9. The van der Waals surface area contributed by atoms with E-state index in [0.717, 1.165) is 36.0 Å². The van der Waals surface area contributed by atoms with Crippen molar-refractivity contribution in [3.63, 3.8) is 0 Å². The topological polar surface area (TPSA) is 35.2 Å². The lowest BCUT2D eigenvalue weighted by atomic mass is 9.80. The molecule has 1 saturated carbocycles. The highest BCUT2D eigenvalue weighted by atomic mass is 16.5. The van der Waals surface area contributed by atoms with Gasteiger partial charge in [-0.05, 0) is 55.7 Å². The Balaban J connectivity index is 2.12. The molecule has 1 aliphatic rings. The maximum atomic E-state index is 6.21. The van der Waals surface area contributed by atoms with E-state index in [0.29, 0.717) is 12.6 Å². The normalized spacial score (nSPS) is 25.7. The fourth-order valence-corrected chi connectivity index (χ4v) is 2.78. The van der Waals surface area contributed by atoms with Crippen molar-refractivity contribution in [2.24, 2.45) is 17.6 Å². The van der Waals surface area contributed by atoms with E-state index in [1.165, 1.54) is 12.0 Å². The van der Waals surface area contributed by atoms with Crippen molar-refractivity contribution in [1.29, 1.82) is 0 Å².